The maximum absolute atomic E-state index is 13.3. The van der Waals surface area contributed by atoms with E-state index in [0.717, 1.165) is 24.9 Å². The normalized spacial score (nSPS) is 15.2. The zero-order chi connectivity index (χ0) is 21.6. The minimum absolute atomic E-state index is 0.0257. The van der Waals surface area contributed by atoms with Crippen LogP contribution in [0.5, 0.6) is 17.2 Å². The van der Waals surface area contributed by atoms with Gasteiger partial charge in [0.05, 0.1) is 21.3 Å². The summed E-state index contributed by atoms with van der Waals surface area (Å²) >= 11 is 0. The van der Waals surface area contributed by atoms with Crippen LogP contribution in [0, 0.1) is 5.82 Å². The van der Waals surface area contributed by atoms with Crippen molar-refractivity contribution in [2.75, 3.05) is 34.9 Å². The van der Waals surface area contributed by atoms with Crippen LogP contribution in [0.3, 0.4) is 0 Å². The van der Waals surface area contributed by atoms with Crippen molar-refractivity contribution < 1.29 is 18.6 Å². The summed E-state index contributed by atoms with van der Waals surface area (Å²) in [5, 5.41) is 6.77. The molecule has 0 amide bonds. The molecule has 2 aromatic rings. The molecule has 3 rings (SSSR count). The van der Waals surface area contributed by atoms with E-state index < -0.39 is 0 Å². The topological polar surface area (TPSA) is 64.1 Å². The van der Waals surface area contributed by atoms with E-state index in [0.29, 0.717) is 29.8 Å². The smallest absolute Gasteiger partial charge is 0.203 e. The van der Waals surface area contributed by atoms with Gasteiger partial charge in [0.25, 0.3) is 0 Å². The lowest BCUT2D eigenvalue weighted by Crippen LogP contribution is -2.48. The Morgan fingerprint density at radius 3 is 2.10 bits per heavy atom. The second kappa shape index (κ2) is 9.69. The van der Waals surface area contributed by atoms with Crippen LogP contribution in [-0.2, 0) is 12.0 Å². The highest BCUT2D eigenvalue weighted by atomic mass is 19.1. The van der Waals surface area contributed by atoms with Crippen molar-refractivity contribution in [3.63, 3.8) is 0 Å². The van der Waals surface area contributed by atoms with Crippen LogP contribution < -0.4 is 24.8 Å². The van der Waals surface area contributed by atoms with E-state index in [1.165, 1.54) is 24.1 Å². The molecule has 1 aliphatic carbocycles. The van der Waals surface area contributed by atoms with Crippen LogP contribution in [0.1, 0.15) is 30.4 Å². The Hall–Kier alpha value is -2.96. The first kappa shape index (κ1) is 21.7. The van der Waals surface area contributed by atoms with E-state index in [-0.39, 0.29) is 11.2 Å². The molecular weight excluding hydrogens is 385 g/mol. The Bertz CT molecular complexity index is 855. The van der Waals surface area contributed by atoms with Gasteiger partial charge < -0.3 is 24.8 Å². The molecule has 1 saturated carbocycles. The van der Waals surface area contributed by atoms with Gasteiger partial charge in [0.1, 0.15) is 5.82 Å². The SMILES string of the molecule is CN=C(NCc1cc(OC)c(OC)c(OC)c1)NCC1(c2ccc(F)cc2)CCC1. The monoisotopic (exact) mass is 415 g/mol. The number of rotatable bonds is 8. The van der Waals surface area contributed by atoms with Crippen LogP contribution in [0.15, 0.2) is 41.4 Å². The molecule has 2 N–H and O–H groups in total. The molecule has 0 heterocycles. The summed E-state index contributed by atoms with van der Waals surface area (Å²) in [5.74, 6) is 2.29. The van der Waals surface area contributed by atoms with Crippen molar-refractivity contribution in [1.29, 1.82) is 0 Å². The summed E-state index contributed by atoms with van der Waals surface area (Å²) in [6.07, 6.45) is 3.33. The standard InChI is InChI=1S/C23H30FN3O3/c1-25-22(26-14-16-12-19(28-2)21(30-4)20(13-16)29-3)27-15-23(10-5-11-23)17-6-8-18(24)9-7-17/h6-9,12-13H,5,10-11,14-15H2,1-4H3,(H2,25,26,27). The van der Waals surface area contributed by atoms with Gasteiger partial charge in [-0.1, -0.05) is 18.6 Å². The molecule has 0 saturated heterocycles. The van der Waals surface area contributed by atoms with E-state index in [9.17, 15) is 4.39 Å². The largest absolute Gasteiger partial charge is 0.493 e. The maximum atomic E-state index is 13.3. The van der Waals surface area contributed by atoms with Gasteiger partial charge in [-0.3, -0.25) is 4.99 Å². The van der Waals surface area contributed by atoms with E-state index in [1.807, 2.05) is 24.3 Å². The lowest BCUT2D eigenvalue weighted by molar-refractivity contribution is 0.243. The van der Waals surface area contributed by atoms with Gasteiger partial charge in [-0.15, -0.1) is 0 Å². The highest BCUT2D eigenvalue weighted by molar-refractivity contribution is 5.79. The first-order valence-electron chi connectivity index (χ1n) is 10.0. The summed E-state index contributed by atoms with van der Waals surface area (Å²) in [6.45, 7) is 1.29. The minimum Gasteiger partial charge on any atom is -0.493 e. The first-order chi connectivity index (χ1) is 14.5. The number of hydrogen-bond acceptors (Lipinski definition) is 4. The number of halogens is 1. The van der Waals surface area contributed by atoms with Crippen molar-refractivity contribution in [2.24, 2.45) is 4.99 Å². The lowest BCUT2D eigenvalue weighted by atomic mass is 9.64. The third-order valence-electron chi connectivity index (χ3n) is 5.77. The number of benzene rings is 2. The average molecular weight is 416 g/mol. The number of ether oxygens (including phenoxy) is 3. The van der Waals surface area contributed by atoms with E-state index in [4.69, 9.17) is 14.2 Å². The fourth-order valence-corrected chi connectivity index (χ4v) is 3.87. The molecule has 1 aliphatic rings. The van der Waals surface area contributed by atoms with Crippen LogP contribution in [-0.4, -0.2) is 40.9 Å². The van der Waals surface area contributed by atoms with Crippen LogP contribution in [0.25, 0.3) is 0 Å². The third-order valence-corrected chi connectivity index (χ3v) is 5.77. The molecule has 2 aromatic carbocycles. The van der Waals surface area contributed by atoms with Gasteiger partial charge in [-0.2, -0.15) is 0 Å². The Labute approximate surface area is 177 Å². The van der Waals surface area contributed by atoms with Gasteiger partial charge in [0, 0.05) is 25.6 Å². The molecule has 1 fully saturated rings. The summed E-state index contributed by atoms with van der Waals surface area (Å²) in [6, 6.07) is 10.7. The Kier molecular flexibility index (Phi) is 7.03. The fraction of sp³-hybridized carbons (Fsp3) is 0.435. The molecule has 7 heteroatoms. The number of methoxy groups -OCH3 is 3. The van der Waals surface area contributed by atoms with Gasteiger partial charge in [-0.25, -0.2) is 4.39 Å². The molecule has 0 aliphatic heterocycles. The fourth-order valence-electron chi connectivity index (χ4n) is 3.87. The predicted molar refractivity (Wildman–Crippen MR) is 116 cm³/mol. The van der Waals surface area contributed by atoms with Crippen molar-refractivity contribution in [3.8, 4) is 17.2 Å². The number of nitrogens with zero attached hydrogens (tertiary/aromatic N) is 1. The van der Waals surface area contributed by atoms with Crippen molar-refractivity contribution in [1.82, 2.24) is 10.6 Å². The highest BCUT2D eigenvalue weighted by Gasteiger charge is 2.38. The van der Waals surface area contributed by atoms with Crippen LogP contribution in [0.2, 0.25) is 0 Å². The van der Waals surface area contributed by atoms with Crippen molar-refractivity contribution >= 4 is 5.96 Å². The van der Waals surface area contributed by atoms with Gasteiger partial charge >= 0.3 is 0 Å². The molecule has 6 nitrogen and oxygen atoms in total. The maximum Gasteiger partial charge on any atom is 0.203 e. The Morgan fingerprint density at radius 1 is 1.00 bits per heavy atom. The molecule has 0 unspecified atom stereocenters. The van der Waals surface area contributed by atoms with Gasteiger partial charge in [0.15, 0.2) is 17.5 Å². The second-order valence-electron chi connectivity index (χ2n) is 7.45. The highest BCUT2D eigenvalue weighted by Crippen LogP contribution is 2.43. The molecule has 162 valence electrons. The quantitative estimate of drug-likeness (QED) is 0.509. The van der Waals surface area contributed by atoms with E-state index >= 15 is 0 Å². The van der Waals surface area contributed by atoms with Crippen LogP contribution >= 0.6 is 0 Å². The summed E-state index contributed by atoms with van der Waals surface area (Å²) in [4.78, 5) is 4.34. The molecule has 0 atom stereocenters. The molecule has 30 heavy (non-hydrogen) atoms. The molecule has 0 bridgehead atoms. The first-order valence-corrected chi connectivity index (χ1v) is 10.0. The van der Waals surface area contributed by atoms with Gasteiger partial charge in [-0.05, 0) is 48.2 Å². The number of guanidine groups is 1. The zero-order valence-electron chi connectivity index (χ0n) is 18.0. The minimum atomic E-state index is -0.205. The Balaban J connectivity index is 1.64. The third kappa shape index (κ3) is 4.61. The summed E-state index contributed by atoms with van der Waals surface area (Å²) < 4.78 is 29.5. The number of nitrogens with one attached hydrogen (secondary N) is 2. The van der Waals surface area contributed by atoms with E-state index in [1.54, 1.807) is 28.4 Å². The van der Waals surface area contributed by atoms with Gasteiger partial charge in [0.2, 0.25) is 5.75 Å². The van der Waals surface area contributed by atoms with Crippen molar-refractivity contribution in [2.45, 2.75) is 31.2 Å². The molecule has 0 aromatic heterocycles. The van der Waals surface area contributed by atoms with Crippen molar-refractivity contribution in [3.05, 3.63) is 53.3 Å². The number of aliphatic imine (C=N–C) groups is 1. The predicted octanol–water partition coefficient (Wildman–Crippen LogP) is 3.64. The molecule has 0 spiro atoms. The van der Waals surface area contributed by atoms with Crippen LogP contribution in [0.4, 0.5) is 4.39 Å². The lowest BCUT2D eigenvalue weighted by Gasteiger charge is -2.43. The molecular formula is C23H30FN3O3. The summed E-state index contributed by atoms with van der Waals surface area (Å²) in [5.41, 5.74) is 2.17. The summed E-state index contributed by atoms with van der Waals surface area (Å²) in [7, 11) is 6.53. The van der Waals surface area contributed by atoms with E-state index in [2.05, 4.69) is 15.6 Å². The average Bonchev–Trinajstić information content (AvgIpc) is 2.75. The number of hydrogen-bond donors (Lipinski definition) is 2. The second-order valence-corrected chi connectivity index (χ2v) is 7.45. The Morgan fingerprint density at radius 2 is 1.63 bits per heavy atom. The molecule has 0 radical (unpaired) electrons. The zero-order valence-corrected chi connectivity index (χ0v) is 18.0.